The number of halogens is 1. The largest absolute Gasteiger partial charge is 0.281 e. The van der Waals surface area contributed by atoms with Gasteiger partial charge in [-0.1, -0.05) is 11.6 Å². The highest BCUT2D eigenvalue weighted by Gasteiger charge is 2.26. The minimum absolute atomic E-state index is 0.0978. The first-order chi connectivity index (χ1) is 9.53. The van der Waals surface area contributed by atoms with Crippen LogP contribution < -0.4 is 4.72 Å². The summed E-state index contributed by atoms with van der Waals surface area (Å²) in [5, 5.41) is 12.3. The Labute approximate surface area is 126 Å². The van der Waals surface area contributed by atoms with E-state index in [0.717, 1.165) is 11.3 Å². The van der Waals surface area contributed by atoms with E-state index in [1.165, 1.54) is 15.7 Å². The molecule has 0 fully saturated rings. The summed E-state index contributed by atoms with van der Waals surface area (Å²) in [6.07, 6.45) is 1.58. The third kappa shape index (κ3) is 2.06. The molecule has 102 valence electrons. The number of thiazole rings is 1. The maximum Gasteiger partial charge on any atom is 0.281 e. The second-order valence-corrected chi connectivity index (χ2v) is 7.39. The molecule has 3 aromatic heterocycles. The molecule has 3 rings (SSSR count). The molecule has 0 amide bonds. The molecular weight excluding hydrogens is 340 g/mol. The molecule has 20 heavy (non-hydrogen) atoms. The Kier molecular flexibility index (Phi) is 3.18. The summed E-state index contributed by atoms with van der Waals surface area (Å²) in [6, 6.07) is 3.46. The van der Waals surface area contributed by atoms with E-state index < -0.39 is 10.0 Å². The monoisotopic (exact) mass is 344 g/mol. The molecule has 0 aliphatic rings. The van der Waals surface area contributed by atoms with E-state index >= 15 is 0 Å². The predicted octanol–water partition coefficient (Wildman–Crippen LogP) is 2.78. The molecule has 10 heteroatoms. The number of hydrogen-bond donors (Lipinski definition) is 1. The van der Waals surface area contributed by atoms with Crippen LogP contribution in [0.25, 0.3) is 4.96 Å². The fourth-order valence-corrected chi connectivity index (χ4v) is 5.15. The molecule has 0 bridgehead atoms. The molecule has 0 atom stereocenters. The lowest BCUT2D eigenvalue weighted by Gasteiger charge is -2.05. The molecule has 3 heterocycles. The smallest absolute Gasteiger partial charge is 0.278 e. The van der Waals surface area contributed by atoms with Crippen LogP contribution in [0, 0.1) is 11.3 Å². The van der Waals surface area contributed by atoms with E-state index in [1.54, 1.807) is 23.0 Å². The third-order valence-corrected chi connectivity index (χ3v) is 5.91. The fourth-order valence-electron chi connectivity index (χ4n) is 1.63. The summed E-state index contributed by atoms with van der Waals surface area (Å²) in [7, 11) is -3.92. The van der Waals surface area contributed by atoms with Crippen LogP contribution in [0.1, 0.15) is 5.56 Å². The van der Waals surface area contributed by atoms with Crippen molar-refractivity contribution < 1.29 is 8.42 Å². The molecule has 0 aromatic carbocycles. The van der Waals surface area contributed by atoms with Gasteiger partial charge in [-0.05, 0) is 11.4 Å². The number of rotatable bonds is 3. The van der Waals surface area contributed by atoms with Crippen LogP contribution in [-0.2, 0) is 10.0 Å². The standard InChI is InChI=1S/C10H5ClN4O2S3/c11-7-9(15-2-4-19-10(15)13-7)20(16,17)14-8-6(5-12)1-3-18-8/h1-4,14H. The zero-order valence-corrected chi connectivity index (χ0v) is 12.8. The minimum atomic E-state index is -3.92. The van der Waals surface area contributed by atoms with Crippen LogP contribution in [0.5, 0.6) is 0 Å². The number of hydrogen-bond acceptors (Lipinski definition) is 6. The number of nitrogens with zero attached hydrogens (tertiary/aromatic N) is 3. The first-order valence-corrected chi connectivity index (χ1v) is 8.76. The van der Waals surface area contributed by atoms with Gasteiger partial charge < -0.3 is 0 Å². The summed E-state index contributed by atoms with van der Waals surface area (Å²) >= 11 is 8.31. The Hall–Kier alpha value is -1.60. The number of anilines is 1. The van der Waals surface area contributed by atoms with Crippen LogP contribution in [0.15, 0.2) is 28.0 Å². The molecule has 6 nitrogen and oxygen atoms in total. The topological polar surface area (TPSA) is 87.3 Å². The third-order valence-electron chi connectivity index (χ3n) is 2.45. The Bertz CT molecular complexity index is 931. The van der Waals surface area contributed by atoms with Gasteiger partial charge in [-0.2, -0.15) is 13.7 Å². The molecule has 1 N–H and O–H groups in total. The SMILES string of the molecule is N#Cc1ccsc1NS(=O)(=O)c1c(Cl)nc2sccn12. The number of imidazole rings is 1. The van der Waals surface area contributed by atoms with Gasteiger partial charge in [0.15, 0.2) is 15.1 Å². The normalized spacial score (nSPS) is 11.6. The number of fused-ring (bicyclic) bond motifs is 1. The highest BCUT2D eigenvalue weighted by Crippen LogP contribution is 2.30. The summed E-state index contributed by atoms with van der Waals surface area (Å²) < 4.78 is 28.6. The van der Waals surface area contributed by atoms with E-state index in [1.807, 2.05) is 6.07 Å². The second-order valence-electron chi connectivity index (χ2n) is 3.64. The average Bonchev–Trinajstić information content (AvgIpc) is 3.03. The van der Waals surface area contributed by atoms with Crippen molar-refractivity contribution in [3.8, 4) is 6.07 Å². The average molecular weight is 345 g/mol. The quantitative estimate of drug-likeness (QED) is 0.791. The first-order valence-electron chi connectivity index (χ1n) is 5.14. The maximum absolute atomic E-state index is 12.4. The summed E-state index contributed by atoms with van der Waals surface area (Å²) in [4.78, 5) is 4.47. The van der Waals surface area contributed by atoms with Crippen LogP contribution in [0.4, 0.5) is 5.00 Å². The summed E-state index contributed by atoms with van der Waals surface area (Å²) in [6.45, 7) is 0. The molecule has 0 radical (unpaired) electrons. The van der Waals surface area contributed by atoms with Gasteiger partial charge in [0.25, 0.3) is 10.0 Å². The van der Waals surface area contributed by atoms with Crippen LogP contribution in [0.2, 0.25) is 5.15 Å². The van der Waals surface area contributed by atoms with Crippen molar-refractivity contribution in [2.24, 2.45) is 0 Å². The maximum atomic E-state index is 12.4. The molecular formula is C10H5ClN4O2S3. The molecule has 3 aromatic rings. The lowest BCUT2D eigenvalue weighted by molar-refractivity contribution is 0.597. The van der Waals surface area contributed by atoms with Crippen LogP contribution >= 0.6 is 34.3 Å². The van der Waals surface area contributed by atoms with Gasteiger partial charge in [0, 0.05) is 11.6 Å². The molecule has 0 spiro atoms. The number of nitrogens with one attached hydrogen (secondary N) is 1. The second kappa shape index (κ2) is 4.75. The summed E-state index contributed by atoms with van der Waals surface area (Å²) in [5.41, 5.74) is 0.265. The zero-order chi connectivity index (χ0) is 14.3. The van der Waals surface area contributed by atoms with E-state index in [-0.39, 0.29) is 20.7 Å². The van der Waals surface area contributed by atoms with Gasteiger partial charge in [-0.25, -0.2) is 4.98 Å². The van der Waals surface area contributed by atoms with Crippen molar-refractivity contribution in [3.05, 3.63) is 33.7 Å². The molecule has 0 unspecified atom stereocenters. The number of sulfonamides is 1. The zero-order valence-electron chi connectivity index (χ0n) is 9.57. The van der Waals surface area contributed by atoms with Gasteiger partial charge in [-0.3, -0.25) is 9.12 Å². The summed E-state index contributed by atoms with van der Waals surface area (Å²) in [5.74, 6) is 0. The molecule has 0 aliphatic heterocycles. The Morgan fingerprint density at radius 3 is 2.95 bits per heavy atom. The lowest BCUT2D eigenvalue weighted by atomic mass is 10.4. The van der Waals surface area contributed by atoms with Crippen LogP contribution in [-0.4, -0.2) is 17.8 Å². The Morgan fingerprint density at radius 2 is 2.20 bits per heavy atom. The Balaban J connectivity index is 2.11. The van der Waals surface area contributed by atoms with Crippen molar-refractivity contribution in [2.45, 2.75) is 5.03 Å². The number of aromatic nitrogens is 2. The Morgan fingerprint density at radius 1 is 1.40 bits per heavy atom. The lowest BCUT2D eigenvalue weighted by Crippen LogP contribution is -2.15. The van der Waals surface area contributed by atoms with Crippen molar-refractivity contribution in [1.82, 2.24) is 9.38 Å². The van der Waals surface area contributed by atoms with Gasteiger partial charge in [0.1, 0.15) is 11.1 Å². The van der Waals surface area contributed by atoms with Gasteiger partial charge in [-0.15, -0.1) is 22.7 Å². The number of nitriles is 1. The number of thiophene rings is 1. The van der Waals surface area contributed by atoms with Gasteiger partial charge in [0.05, 0.1) is 5.56 Å². The highest BCUT2D eigenvalue weighted by molar-refractivity contribution is 7.93. The first kappa shape index (κ1) is 13.4. The highest BCUT2D eigenvalue weighted by atomic mass is 35.5. The van der Waals surface area contributed by atoms with Crippen molar-refractivity contribution in [3.63, 3.8) is 0 Å². The fraction of sp³-hybridized carbons (Fsp3) is 0. The van der Waals surface area contributed by atoms with Crippen molar-refractivity contribution >= 4 is 54.3 Å². The van der Waals surface area contributed by atoms with E-state index in [4.69, 9.17) is 16.9 Å². The van der Waals surface area contributed by atoms with E-state index in [0.29, 0.717) is 4.96 Å². The van der Waals surface area contributed by atoms with E-state index in [9.17, 15) is 8.42 Å². The molecule has 0 saturated heterocycles. The molecule has 0 saturated carbocycles. The van der Waals surface area contributed by atoms with Crippen LogP contribution in [0.3, 0.4) is 0 Å². The van der Waals surface area contributed by atoms with Crippen molar-refractivity contribution in [2.75, 3.05) is 4.72 Å². The molecule has 0 aliphatic carbocycles. The van der Waals surface area contributed by atoms with Gasteiger partial charge in [0.2, 0.25) is 0 Å². The van der Waals surface area contributed by atoms with Gasteiger partial charge >= 0.3 is 0 Å². The minimum Gasteiger partial charge on any atom is -0.278 e. The van der Waals surface area contributed by atoms with E-state index in [2.05, 4.69) is 9.71 Å². The predicted molar refractivity (Wildman–Crippen MR) is 77.9 cm³/mol. The van der Waals surface area contributed by atoms with Crippen molar-refractivity contribution in [1.29, 1.82) is 5.26 Å².